The number of rotatable bonds is 6. The summed E-state index contributed by atoms with van der Waals surface area (Å²) in [5.74, 6) is -0.0171. The second kappa shape index (κ2) is 6.82. The van der Waals surface area contributed by atoms with Crippen LogP contribution in [0.2, 0.25) is 0 Å². The molecule has 0 amide bonds. The molecule has 20 heavy (non-hydrogen) atoms. The summed E-state index contributed by atoms with van der Waals surface area (Å²) in [6.07, 6.45) is 0.473. The summed E-state index contributed by atoms with van der Waals surface area (Å²) in [6.45, 7) is -0.0969. The van der Waals surface area contributed by atoms with Gasteiger partial charge in [-0.3, -0.25) is 4.79 Å². The summed E-state index contributed by atoms with van der Waals surface area (Å²) in [7, 11) is 0. The molecule has 0 unspecified atom stereocenters. The van der Waals surface area contributed by atoms with Crippen molar-refractivity contribution in [1.82, 2.24) is 0 Å². The zero-order valence-electron chi connectivity index (χ0n) is 10.9. The number of para-hydroxylation sites is 1. The van der Waals surface area contributed by atoms with Crippen LogP contribution in [0.15, 0.2) is 48.5 Å². The van der Waals surface area contributed by atoms with Crippen LogP contribution in [-0.4, -0.2) is 24.1 Å². The van der Waals surface area contributed by atoms with Crippen molar-refractivity contribution < 1.29 is 19.0 Å². The lowest BCUT2D eigenvalue weighted by atomic mass is 10.1. The van der Waals surface area contributed by atoms with Gasteiger partial charge in [0.25, 0.3) is 0 Å². The normalized spacial score (nSPS) is 10.3. The molecule has 0 fully saturated rings. The van der Waals surface area contributed by atoms with Gasteiger partial charge < -0.3 is 9.84 Å². The topological polar surface area (TPSA) is 46.5 Å². The molecule has 1 N–H and O–H groups in total. The summed E-state index contributed by atoms with van der Waals surface area (Å²) in [4.78, 5) is 11.9. The molecular weight excluding hydrogens is 259 g/mol. The molecule has 0 saturated carbocycles. The first-order valence-corrected chi connectivity index (χ1v) is 6.31. The maximum absolute atomic E-state index is 12.8. The number of halogens is 1. The van der Waals surface area contributed by atoms with Gasteiger partial charge >= 0.3 is 0 Å². The van der Waals surface area contributed by atoms with Gasteiger partial charge in [0.15, 0.2) is 12.4 Å². The minimum Gasteiger partial charge on any atom is -0.485 e. The molecule has 0 aromatic heterocycles. The van der Waals surface area contributed by atoms with Crippen molar-refractivity contribution in [1.29, 1.82) is 0 Å². The van der Waals surface area contributed by atoms with Crippen LogP contribution in [0.3, 0.4) is 0 Å². The monoisotopic (exact) mass is 274 g/mol. The molecule has 104 valence electrons. The Labute approximate surface area is 116 Å². The minimum absolute atomic E-state index is 0.0201. The van der Waals surface area contributed by atoms with Gasteiger partial charge in [0.1, 0.15) is 11.6 Å². The average molecular weight is 274 g/mol. The summed E-state index contributed by atoms with van der Waals surface area (Å²) < 4.78 is 18.3. The van der Waals surface area contributed by atoms with Crippen molar-refractivity contribution in [2.45, 2.75) is 6.42 Å². The lowest BCUT2D eigenvalue weighted by Crippen LogP contribution is -2.12. The van der Waals surface area contributed by atoms with Gasteiger partial charge in [0.2, 0.25) is 0 Å². The molecule has 0 atom stereocenters. The number of hydrogen-bond acceptors (Lipinski definition) is 3. The first kappa shape index (κ1) is 14.2. The van der Waals surface area contributed by atoms with E-state index in [4.69, 9.17) is 9.84 Å². The van der Waals surface area contributed by atoms with E-state index < -0.39 is 0 Å². The molecule has 0 aliphatic heterocycles. The van der Waals surface area contributed by atoms with Gasteiger partial charge in [-0.05, 0) is 42.3 Å². The van der Waals surface area contributed by atoms with Crippen LogP contribution in [-0.2, 0) is 6.42 Å². The fraction of sp³-hybridized carbons (Fsp3) is 0.188. The lowest BCUT2D eigenvalue weighted by molar-refractivity contribution is 0.0920. The molecule has 0 bridgehead atoms. The third kappa shape index (κ3) is 3.65. The Bertz CT molecular complexity index is 579. The summed E-state index contributed by atoms with van der Waals surface area (Å²) in [5, 5.41) is 8.97. The minimum atomic E-state index is -0.379. The van der Waals surface area contributed by atoms with Crippen LogP contribution in [0.5, 0.6) is 5.75 Å². The summed E-state index contributed by atoms with van der Waals surface area (Å²) in [6, 6.07) is 12.6. The highest BCUT2D eigenvalue weighted by Gasteiger charge is 2.09. The van der Waals surface area contributed by atoms with Crippen LogP contribution in [0.25, 0.3) is 0 Å². The fourth-order valence-electron chi connectivity index (χ4n) is 1.83. The number of ketones is 1. The van der Waals surface area contributed by atoms with E-state index in [9.17, 15) is 9.18 Å². The van der Waals surface area contributed by atoms with Crippen LogP contribution in [0, 0.1) is 5.82 Å². The van der Waals surface area contributed by atoms with Gasteiger partial charge in [-0.25, -0.2) is 4.39 Å². The molecule has 0 heterocycles. The SMILES string of the molecule is O=C(COc1ccccc1CCO)c1ccc(F)cc1. The predicted octanol–water partition coefficient (Wildman–Crippen LogP) is 2.62. The van der Waals surface area contributed by atoms with E-state index in [2.05, 4.69) is 0 Å². The van der Waals surface area contributed by atoms with Crippen molar-refractivity contribution in [3.8, 4) is 5.75 Å². The Hall–Kier alpha value is -2.20. The Kier molecular flexibility index (Phi) is 4.85. The number of aliphatic hydroxyl groups excluding tert-OH is 1. The number of ether oxygens (including phenoxy) is 1. The molecule has 0 saturated heterocycles. The molecule has 2 aromatic rings. The summed E-state index contributed by atoms with van der Waals surface area (Å²) in [5.41, 5.74) is 1.26. The molecule has 2 aromatic carbocycles. The molecular formula is C16H15FO3. The van der Waals surface area contributed by atoms with E-state index in [0.29, 0.717) is 17.7 Å². The van der Waals surface area contributed by atoms with Crippen LogP contribution >= 0.6 is 0 Å². The van der Waals surface area contributed by atoms with Gasteiger partial charge in [0.05, 0.1) is 0 Å². The third-order valence-corrected chi connectivity index (χ3v) is 2.88. The number of carbonyl (C=O) groups is 1. The highest BCUT2D eigenvalue weighted by molar-refractivity contribution is 5.97. The highest BCUT2D eigenvalue weighted by atomic mass is 19.1. The van der Waals surface area contributed by atoms with Gasteiger partial charge in [-0.2, -0.15) is 0 Å². The number of Topliss-reactive ketones (excluding diaryl/α,β-unsaturated/α-hetero) is 1. The molecule has 3 nitrogen and oxygen atoms in total. The van der Waals surface area contributed by atoms with Crippen molar-refractivity contribution in [3.05, 3.63) is 65.5 Å². The van der Waals surface area contributed by atoms with Crippen molar-refractivity contribution in [2.24, 2.45) is 0 Å². The molecule has 4 heteroatoms. The average Bonchev–Trinajstić information content (AvgIpc) is 2.47. The smallest absolute Gasteiger partial charge is 0.200 e. The number of carbonyl (C=O) groups excluding carboxylic acids is 1. The quantitative estimate of drug-likeness (QED) is 0.824. The molecule has 0 aliphatic rings. The first-order chi connectivity index (χ1) is 9.70. The van der Waals surface area contributed by atoms with Gasteiger partial charge in [-0.15, -0.1) is 0 Å². The van der Waals surface area contributed by atoms with Gasteiger partial charge in [0, 0.05) is 12.2 Å². The maximum atomic E-state index is 12.8. The number of hydrogen-bond donors (Lipinski definition) is 1. The standard InChI is InChI=1S/C16H15FO3/c17-14-7-5-12(6-8-14)15(19)11-20-16-4-2-1-3-13(16)9-10-18/h1-8,18H,9-11H2. The van der Waals surface area contributed by atoms with E-state index in [0.717, 1.165) is 5.56 Å². The second-order valence-corrected chi connectivity index (χ2v) is 4.30. The molecule has 0 radical (unpaired) electrons. The van der Waals surface area contributed by atoms with E-state index in [-0.39, 0.29) is 24.8 Å². The lowest BCUT2D eigenvalue weighted by Gasteiger charge is -2.10. The Balaban J connectivity index is 2.01. The van der Waals surface area contributed by atoms with E-state index in [1.54, 1.807) is 12.1 Å². The third-order valence-electron chi connectivity index (χ3n) is 2.88. The number of aliphatic hydroxyl groups is 1. The maximum Gasteiger partial charge on any atom is 0.200 e. The van der Waals surface area contributed by atoms with Crippen molar-refractivity contribution in [3.63, 3.8) is 0 Å². The summed E-state index contributed by atoms with van der Waals surface area (Å²) >= 11 is 0. The zero-order valence-corrected chi connectivity index (χ0v) is 10.9. The Morgan fingerprint density at radius 2 is 1.80 bits per heavy atom. The Morgan fingerprint density at radius 1 is 1.10 bits per heavy atom. The largest absolute Gasteiger partial charge is 0.485 e. The second-order valence-electron chi connectivity index (χ2n) is 4.30. The molecule has 0 spiro atoms. The molecule has 2 rings (SSSR count). The van der Waals surface area contributed by atoms with Crippen LogP contribution in [0.1, 0.15) is 15.9 Å². The van der Waals surface area contributed by atoms with E-state index >= 15 is 0 Å². The fourth-order valence-corrected chi connectivity index (χ4v) is 1.83. The first-order valence-electron chi connectivity index (χ1n) is 6.31. The Morgan fingerprint density at radius 3 is 2.50 bits per heavy atom. The molecule has 0 aliphatic carbocycles. The van der Waals surface area contributed by atoms with Crippen molar-refractivity contribution in [2.75, 3.05) is 13.2 Å². The van der Waals surface area contributed by atoms with Crippen molar-refractivity contribution >= 4 is 5.78 Å². The van der Waals surface area contributed by atoms with Crippen LogP contribution in [0.4, 0.5) is 4.39 Å². The zero-order chi connectivity index (χ0) is 14.4. The van der Waals surface area contributed by atoms with E-state index in [1.165, 1.54) is 24.3 Å². The number of benzene rings is 2. The van der Waals surface area contributed by atoms with Crippen LogP contribution < -0.4 is 4.74 Å². The predicted molar refractivity (Wildman–Crippen MR) is 73.5 cm³/mol. The highest BCUT2D eigenvalue weighted by Crippen LogP contribution is 2.18. The van der Waals surface area contributed by atoms with E-state index in [1.807, 2.05) is 12.1 Å². The van der Waals surface area contributed by atoms with Gasteiger partial charge in [-0.1, -0.05) is 18.2 Å².